The van der Waals surface area contributed by atoms with Crippen molar-refractivity contribution in [1.29, 1.82) is 0 Å². The Balaban J connectivity index is 1.92. The van der Waals surface area contributed by atoms with Crippen molar-refractivity contribution in [3.8, 4) is 5.75 Å². The molecule has 0 amide bonds. The summed E-state index contributed by atoms with van der Waals surface area (Å²) >= 11 is 0. The quantitative estimate of drug-likeness (QED) is 0.864. The Morgan fingerprint density at radius 1 is 1.22 bits per heavy atom. The Morgan fingerprint density at radius 2 is 2.00 bits per heavy atom. The lowest BCUT2D eigenvalue weighted by molar-refractivity contribution is 0.168. The topological polar surface area (TPSA) is 35.2 Å². The molecule has 3 rings (SSSR count). The lowest BCUT2D eigenvalue weighted by Gasteiger charge is -2.39. The minimum atomic E-state index is 0.117. The van der Waals surface area contributed by atoms with Gasteiger partial charge in [0.1, 0.15) is 5.75 Å². The first kappa shape index (κ1) is 12.0. The standard InChI is InChI=1S/C16H23NO/c1-16(9-3-2-4-10-16)15(17)13-7-5-6-12-8-11-18-14(12)13/h5-7,15H,2-4,8-11,17H2,1H3. The molecule has 1 fully saturated rings. The highest BCUT2D eigenvalue weighted by Gasteiger charge is 2.36. The van der Waals surface area contributed by atoms with E-state index in [0.29, 0.717) is 0 Å². The molecule has 1 aromatic carbocycles. The van der Waals surface area contributed by atoms with Gasteiger partial charge in [-0.1, -0.05) is 44.4 Å². The molecule has 0 radical (unpaired) electrons. The van der Waals surface area contributed by atoms with Crippen molar-refractivity contribution in [2.75, 3.05) is 6.61 Å². The van der Waals surface area contributed by atoms with E-state index in [-0.39, 0.29) is 11.5 Å². The first-order valence-electron chi connectivity index (χ1n) is 7.21. The summed E-state index contributed by atoms with van der Waals surface area (Å²) in [5.74, 6) is 1.08. The molecule has 0 bridgehead atoms. The maximum Gasteiger partial charge on any atom is 0.127 e. The zero-order valence-electron chi connectivity index (χ0n) is 11.2. The summed E-state index contributed by atoms with van der Waals surface area (Å²) in [7, 11) is 0. The van der Waals surface area contributed by atoms with Gasteiger partial charge in [0.25, 0.3) is 0 Å². The van der Waals surface area contributed by atoms with Crippen molar-refractivity contribution in [2.24, 2.45) is 11.1 Å². The van der Waals surface area contributed by atoms with Crippen molar-refractivity contribution >= 4 is 0 Å². The molecule has 1 aliphatic carbocycles. The Kier molecular flexibility index (Phi) is 3.06. The van der Waals surface area contributed by atoms with E-state index < -0.39 is 0 Å². The van der Waals surface area contributed by atoms with Gasteiger partial charge < -0.3 is 10.5 Å². The average molecular weight is 245 g/mol. The van der Waals surface area contributed by atoms with E-state index in [4.69, 9.17) is 10.5 Å². The fourth-order valence-corrected chi connectivity index (χ4v) is 3.53. The number of fused-ring (bicyclic) bond motifs is 1. The van der Waals surface area contributed by atoms with Crippen LogP contribution in [0, 0.1) is 5.41 Å². The van der Waals surface area contributed by atoms with Crippen molar-refractivity contribution in [1.82, 2.24) is 0 Å². The molecule has 1 saturated carbocycles. The molecule has 2 nitrogen and oxygen atoms in total. The van der Waals surface area contributed by atoms with Crippen LogP contribution in [0.25, 0.3) is 0 Å². The predicted octanol–water partition coefficient (Wildman–Crippen LogP) is 3.59. The predicted molar refractivity (Wildman–Crippen MR) is 73.8 cm³/mol. The Labute approximate surface area is 110 Å². The number of hydrogen-bond acceptors (Lipinski definition) is 2. The van der Waals surface area contributed by atoms with Crippen LogP contribution in [-0.2, 0) is 6.42 Å². The molecule has 1 aliphatic heterocycles. The van der Waals surface area contributed by atoms with Gasteiger partial charge in [0.2, 0.25) is 0 Å². The Hall–Kier alpha value is -1.02. The summed E-state index contributed by atoms with van der Waals surface area (Å²) in [6, 6.07) is 6.58. The number of benzene rings is 1. The summed E-state index contributed by atoms with van der Waals surface area (Å²) in [5.41, 5.74) is 9.41. The minimum absolute atomic E-state index is 0.117. The van der Waals surface area contributed by atoms with Gasteiger partial charge in [-0.2, -0.15) is 0 Å². The van der Waals surface area contributed by atoms with Crippen LogP contribution in [0.3, 0.4) is 0 Å². The molecule has 1 unspecified atom stereocenters. The summed E-state index contributed by atoms with van der Waals surface area (Å²) in [4.78, 5) is 0. The van der Waals surface area contributed by atoms with Gasteiger partial charge in [-0.3, -0.25) is 0 Å². The molecular formula is C16H23NO. The van der Waals surface area contributed by atoms with Gasteiger partial charge in [-0.15, -0.1) is 0 Å². The molecule has 0 aromatic heterocycles. The second-order valence-electron chi connectivity index (χ2n) is 6.13. The first-order chi connectivity index (χ1) is 8.71. The maximum absolute atomic E-state index is 6.60. The van der Waals surface area contributed by atoms with E-state index in [1.54, 1.807) is 0 Å². The largest absolute Gasteiger partial charge is 0.493 e. The van der Waals surface area contributed by atoms with Crippen molar-refractivity contribution in [3.05, 3.63) is 29.3 Å². The van der Waals surface area contributed by atoms with Crippen LogP contribution in [0.5, 0.6) is 5.75 Å². The van der Waals surface area contributed by atoms with Gasteiger partial charge in [0, 0.05) is 18.0 Å². The smallest absolute Gasteiger partial charge is 0.127 e. The van der Waals surface area contributed by atoms with Gasteiger partial charge in [0.05, 0.1) is 6.61 Å². The molecule has 0 saturated heterocycles. The van der Waals surface area contributed by atoms with Crippen LogP contribution in [-0.4, -0.2) is 6.61 Å². The highest BCUT2D eigenvalue weighted by molar-refractivity contribution is 5.46. The molecule has 98 valence electrons. The first-order valence-corrected chi connectivity index (χ1v) is 7.21. The van der Waals surface area contributed by atoms with Crippen molar-refractivity contribution in [3.63, 3.8) is 0 Å². The van der Waals surface area contributed by atoms with Crippen LogP contribution in [0.4, 0.5) is 0 Å². The second kappa shape index (κ2) is 4.58. The van der Waals surface area contributed by atoms with Gasteiger partial charge in [-0.25, -0.2) is 0 Å². The molecule has 1 aromatic rings. The highest BCUT2D eigenvalue weighted by atomic mass is 16.5. The second-order valence-corrected chi connectivity index (χ2v) is 6.13. The molecule has 2 heteroatoms. The number of nitrogens with two attached hydrogens (primary N) is 1. The zero-order chi connectivity index (χ0) is 12.6. The summed E-state index contributed by atoms with van der Waals surface area (Å²) < 4.78 is 5.81. The lowest BCUT2D eigenvalue weighted by Crippen LogP contribution is -2.34. The zero-order valence-corrected chi connectivity index (χ0v) is 11.2. The van der Waals surface area contributed by atoms with E-state index >= 15 is 0 Å². The van der Waals surface area contributed by atoms with Gasteiger partial charge in [0.15, 0.2) is 0 Å². The van der Waals surface area contributed by atoms with E-state index in [0.717, 1.165) is 18.8 Å². The van der Waals surface area contributed by atoms with Crippen LogP contribution in [0.1, 0.15) is 56.2 Å². The third-order valence-electron chi connectivity index (χ3n) is 4.83. The summed E-state index contributed by atoms with van der Waals surface area (Å²) in [6.07, 6.45) is 7.54. The number of hydrogen-bond donors (Lipinski definition) is 1. The molecule has 1 atom stereocenters. The molecule has 1 heterocycles. The van der Waals surface area contributed by atoms with Crippen molar-refractivity contribution in [2.45, 2.75) is 51.5 Å². The molecule has 2 aliphatic rings. The van der Waals surface area contributed by atoms with Crippen LogP contribution >= 0.6 is 0 Å². The number of para-hydroxylation sites is 1. The number of ether oxygens (including phenoxy) is 1. The average Bonchev–Trinajstić information content (AvgIpc) is 2.87. The number of rotatable bonds is 2. The van der Waals surface area contributed by atoms with Crippen LogP contribution in [0.15, 0.2) is 18.2 Å². The van der Waals surface area contributed by atoms with Crippen molar-refractivity contribution < 1.29 is 4.74 Å². The highest BCUT2D eigenvalue weighted by Crippen LogP contribution is 2.47. The SMILES string of the molecule is CC1(C(N)c2cccc3c2OCC3)CCCCC1. The Bertz CT molecular complexity index is 435. The monoisotopic (exact) mass is 245 g/mol. The van der Waals surface area contributed by atoms with E-state index in [2.05, 4.69) is 25.1 Å². The van der Waals surface area contributed by atoms with E-state index in [1.165, 1.54) is 43.2 Å². The normalized spacial score (nSPS) is 23.2. The Morgan fingerprint density at radius 3 is 2.78 bits per heavy atom. The third kappa shape index (κ3) is 1.93. The fraction of sp³-hybridized carbons (Fsp3) is 0.625. The molecular weight excluding hydrogens is 222 g/mol. The van der Waals surface area contributed by atoms with Crippen LogP contribution < -0.4 is 10.5 Å². The lowest BCUT2D eigenvalue weighted by atomic mass is 9.69. The van der Waals surface area contributed by atoms with Crippen LogP contribution in [0.2, 0.25) is 0 Å². The van der Waals surface area contributed by atoms with E-state index in [9.17, 15) is 0 Å². The minimum Gasteiger partial charge on any atom is -0.493 e. The van der Waals surface area contributed by atoms with Gasteiger partial charge >= 0.3 is 0 Å². The third-order valence-corrected chi connectivity index (χ3v) is 4.83. The fourth-order valence-electron chi connectivity index (χ4n) is 3.53. The molecule has 18 heavy (non-hydrogen) atoms. The summed E-state index contributed by atoms with van der Waals surface area (Å²) in [5, 5.41) is 0. The molecule has 2 N–H and O–H groups in total. The van der Waals surface area contributed by atoms with E-state index in [1.807, 2.05) is 0 Å². The van der Waals surface area contributed by atoms with Gasteiger partial charge in [-0.05, 0) is 23.8 Å². The molecule has 0 spiro atoms. The maximum atomic E-state index is 6.60. The summed E-state index contributed by atoms with van der Waals surface area (Å²) in [6.45, 7) is 3.17.